The van der Waals surface area contributed by atoms with Crippen molar-refractivity contribution in [3.63, 3.8) is 0 Å². The molecular weight excluding hydrogens is 748 g/mol. The van der Waals surface area contributed by atoms with Crippen LogP contribution in [0.2, 0.25) is 10.0 Å². The Morgan fingerprint density at radius 3 is 2.76 bits per heavy atom. The van der Waals surface area contributed by atoms with Gasteiger partial charge in [-0.25, -0.2) is 9.37 Å². The number of amides is 3. The Hall–Kier alpha value is -4.32. The van der Waals surface area contributed by atoms with Crippen LogP contribution in [0.1, 0.15) is 50.3 Å². The molecule has 0 spiro atoms. The van der Waals surface area contributed by atoms with Crippen LogP contribution in [0, 0.1) is 11.7 Å². The molecule has 5 heterocycles. The molecular formula is C36H42Cl2FN7O8. The van der Waals surface area contributed by atoms with Gasteiger partial charge in [0, 0.05) is 66.2 Å². The number of ether oxygens (including phenoxy) is 5. The van der Waals surface area contributed by atoms with Gasteiger partial charge in [0.1, 0.15) is 17.8 Å². The van der Waals surface area contributed by atoms with E-state index >= 15 is 0 Å². The van der Waals surface area contributed by atoms with Gasteiger partial charge in [0.15, 0.2) is 17.9 Å². The number of carbonyl (C=O) groups excluding carboxylic acids is 3. The molecule has 54 heavy (non-hydrogen) atoms. The number of pyridine rings is 1. The number of anilines is 1. The van der Waals surface area contributed by atoms with Gasteiger partial charge in [0.2, 0.25) is 24.0 Å². The van der Waals surface area contributed by atoms with E-state index in [0.717, 1.165) is 37.1 Å². The van der Waals surface area contributed by atoms with E-state index in [2.05, 4.69) is 25.6 Å². The van der Waals surface area contributed by atoms with Crippen molar-refractivity contribution in [1.29, 1.82) is 0 Å². The van der Waals surface area contributed by atoms with Crippen LogP contribution >= 0.6 is 23.2 Å². The predicted molar refractivity (Wildman–Crippen MR) is 195 cm³/mol. The highest BCUT2D eigenvalue weighted by molar-refractivity contribution is 6.36. The van der Waals surface area contributed by atoms with E-state index in [-0.39, 0.29) is 59.9 Å². The Morgan fingerprint density at radius 1 is 1.15 bits per heavy atom. The third kappa shape index (κ3) is 10.0. The molecule has 4 N–H and O–H groups in total. The third-order valence-corrected chi connectivity index (χ3v) is 10.0. The number of hydrogen-bond acceptors (Lipinski definition) is 12. The molecule has 0 aliphatic carbocycles. The summed E-state index contributed by atoms with van der Waals surface area (Å²) in [5.41, 5.74) is 7.99. The first-order valence-corrected chi connectivity index (χ1v) is 18.4. The third-order valence-electron chi connectivity index (χ3n) is 9.31. The number of nitrogens with one attached hydrogen (secondary N) is 2. The van der Waals surface area contributed by atoms with Crippen molar-refractivity contribution >= 4 is 46.7 Å². The fourth-order valence-electron chi connectivity index (χ4n) is 6.40. The molecule has 18 heteroatoms. The lowest BCUT2D eigenvalue weighted by atomic mass is 9.97. The van der Waals surface area contributed by atoms with Crippen LogP contribution in [0.25, 0.3) is 11.1 Å². The van der Waals surface area contributed by atoms with E-state index in [1.165, 1.54) is 18.4 Å². The molecule has 0 radical (unpaired) electrons. The zero-order valence-corrected chi connectivity index (χ0v) is 31.1. The molecule has 6 rings (SSSR count). The van der Waals surface area contributed by atoms with Crippen molar-refractivity contribution in [3.8, 4) is 16.9 Å². The molecule has 15 nitrogen and oxygen atoms in total. The van der Waals surface area contributed by atoms with Gasteiger partial charge in [0.05, 0.1) is 49.9 Å². The fourth-order valence-corrected chi connectivity index (χ4v) is 7.08. The number of carbonyl (C=O) groups is 3. The predicted octanol–water partition coefficient (Wildman–Crippen LogP) is 4.17. The molecule has 2 fully saturated rings. The number of nitrogen functional groups attached to an aromatic ring is 1. The summed E-state index contributed by atoms with van der Waals surface area (Å²) in [7, 11) is 0. The van der Waals surface area contributed by atoms with E-state index in [0.29, 0.717) is 30.9 Å². The number of likely N-dealkylation sites (tertiary alicyclic amines) is 1. The summed E-state index contributed by atoms with van der Waals surface area (Å²) in [5, 5.41) is 9.95. The number of aromatic nitrogens is 3. The minimum Gasteiger partial charge on any atom is -0.482 e. The SMILES string of the molecule is CC(Oc1cc(-c2cnn(C3CCN(CC(=O)NCCOCCOC4C=COC(C5CCC(=O)NC5=O)O4)CC3)c2)cnc1N)c1c(Cl)ccc(F)c1Cl. The quantitative estimate of drug-likeness (QED) is 0.114. The van der Waals surface area contributed by atoms with E-state index in [9.17, 15) is 18.8 Å². The standard InChI is InChI=1S/C36H42Cl2FN7O8/c1-21(32-26(37)3-4-27(39)33(32)38)53-28-16-22(17-42-34(28)40)23-18-43-46(19-23)24-6-10-45(11-7-24)20-30(48)41-9-13-50-14-15-51-31-8-12-52-36(54-31)25-2-5-29(47)44-35(25)49/h3-4,8,12,16-19,21,24-25,31,36H,2,5-7,9-11,13-15,20H2,1H3,(H2,40,42)(H,41,48)(H,44,47,49). The number of imide groups is 1. The van der Waals surface area contributed by atoms with Gasteiger partial charge in [-0.3, -0.25) is 29.3 Å². The molecule has 1 aromatic carbocycles. The zero-order chi connectivity index (χ0) is 38.2. The summed E-state index contributed by atoms with van der Waals surface area (Å²) < 4.78 is 44.4. The van der Waals surface area contributed by atoms with Crippen molar-refractivity contribution in [2.75, 3.05) is 51.7 Å². The molecule has 3 aliphatic heterocycles. The van der Waals surface area contributed by atoms with Crippen molar-refractivity contribution < 1.29 is 42.5 Å². The topological polar surface area (TPSA) is 181 Å². The average Bonchev–Trinajstić information content (AvgIpc) is 3.65. The fraction of sp³-hybridized carbons (Fsp3) is 0.472. The molecule has 3 aliphatic rings. The number of halogens is 3. The van der Waals surface area contributed by atoms with Crippen molar-refractivity contribution in [1.82, 2.24) is 30.3 Å². The van der Waals surface area contributed by atoms with Gasteiger partial charge >= 0.3 is 0 Å². The van der Waals surface area contributed by atoms with E-state index in [1.807, 2.05) is 10.9 Å². The molecule has 4 atom stereocenters. The zero-order valence-electron chi connectivity index (χ0n) is 29.5. The van der Waals surface area contributed by atoms with Gasteiger partial charge in [-0.1, -0.05) is 23.2 Å². The first kappa shape index (κ1) is 39.4. The van der Waals surface area contributed by atoms with Crippen LogP contribution in [0.15, 0.2) is 49.1 Å². The Balaban J connectivity index is 0.870. The molecule has 0 saturated carbocycles. The maximum atomic E-state index is 14.1. The van der Waals surface area contributed by atoms with Gasteiger partial charge in [0.25, 0.3) is 0 Å². The Kier molecular flexibility index (Phi) is 13.4. The molecule has 0 bridgehead atoms. The van der Waals surface area contributed by atoms with Gasteiger partial charge in [-0.05, 0) is 44.4 Å². The normalized spacial score (nSPS) is 21.4. The smallest absolute Gasteiger partial charge is 0.236 e. The second-order valence-electron chi connectivity index (χ2n) is 13.1. The minimum absolute atomic E-state index is 0.0833. The maximum absolute atomic E-state index is 14.1. The lowest BCUT2D eigenvalue weighted by Gasteiger charge is -2.32. The van der Waals surface area contributed by atoms with Gasteiger partial charge < -0.3 is 34.7 Å². The second kappa shape index (κ2) is 18.3. The molecule has 3 amide bonds. The average molecular weight is 791 g/mol. The van der Waals surface area contributed by atoms with E-state index in [1.54, 1.807) is 31.5 Å². The molecule has 3 aromatic rings. The Labute approximate surface area is 321 Å². The van der Waals surface area contributed by atoms with Crippen LogP contribution in [-0.4, -0.2) is 96.0 Å². The lowest BCUT2D eigenvalue weighted by molar-refractivity contribution is -0.244. The summed E-state index contributed by atoms with van der Waals surface area (Å²) in [4.78, 5) is 42.5. The maximum Gasteiger partial charge on any atom is 0.236 e. The second-order valence-corrected chi connectivity index (χ2v) is 13.9. The molecule has 4 unspecified atom stereocenters. The summed E-state index contributed by atoms with van der Waals surface area (Å²) in [6, 6.07) is 4.54. The van der Waals surface area contributed by atoms with Crippen LogP contribution in [0.4, 0.5) is 10.2 Å². The molecule has 2 saturated heterocycles. The summed E-state index contributed by atoms with van der Waals surface area (Å²) in [6.45, 7) is 4.63. The van der Waals surface area contributed by atoms with E-state index in [4.69, 9.17) is 52.6 Å². The Bertz CT molecular complexity index is 1840. The van der Waals surface area contributed by atoms with Gasteiger partial charge in [-0.15, -0.1) is 0 Å². The van der Waals surface area contributed by atoms with Crippen molar-refractivity contribution in [3.05, 3.63) is 70.6 Å². The molecule has 290 valence electrons. The minimum atomic E-state index is -0.838. The monoisotopic (exact) mass is 789 g/mol. The lowest BCUT2D eigenvalue weighted by Crippen LogP contribution is -2.48. The first-order valence-electron chi connectivity index (χ1n) is 17.7. The molecule has 2 aromatic heterocycles. The number of nitrogens with zero attached hydrogens (tertiary/aromatic N) is 4. The van der Waals surface area contributed by atoms with Gasteiger partial charge in [-0.2, -0.15) is 5.10 Å². The van der Waals surface area contributed by atoms with Crippen LogP contribution < -0.4 is 21.1 Å². The van der Waals surface area contributed by atoms with E-state index < -0.39 is 36.3 Å². The van der Waals surface area contributed by atoms with Crippen LogP contribution in [-0.2, 0) is 33.3 Å². The number of nitrogens with two attached hydrogens (primary N) is 1. The summed E-state index contributed by atoms with van der Waals surface area (Å²) >= 11 is 12.5. The Morgan fingerprint density at radius 2 is 1.96 bits per heavy atom. The van der Waals surface area contributed by atoms with Crippen molar-refractivity contribution in [2.45, 2.75) is 57.3 Å². The highest BCUT2D eigenvalue weighted by Gasteiger charge is 2.37. The van der Waals surface area contributed by atoms with Crippen LogP contribution in [0.5, 0.6) is 5.75 Å². The number of rotatable bonds is 15. The number of benzene rings is 1. The summed E-state index contributed by atoms with van der Waals surface area (Å²) in [5.74, 6) is -1.54. The van der Waals surface area contributed by atoms with Crippen molar-refractivity contribution in [2.24, 2.45) is 5.92 Å². The highest BCUT2D eigenvalue weighted by atomic mass is 35.5. The first-order chi connectivity index (χ1) is 26.0. The summed E-state index contributed by atoms with van der Waals surface area (Å²) in [6.07, 6.45) is 8.31. The number of piperidine rings is 2. The van der Waals surface area contributed by atoms with Crippen LogP contribution in [0.3, 0.4) is 0 Å². The highest BCUT2D eigenvalue weighted by Crippen LogP contribution is 2.37. The largest absolute Gasteiger partial charge is 0.482 e. The number of hydrogen-bond donors (Lipinski definition) is 3.